The third kappa shape index (κ3) is 4.09. The predicted molar refractivity (Wildman–Crippen MR) is 113 cm³/mol. The SMILES string of the molecule is CC[C@@H](C)NC(=O)CSc1nc2ccsc2c(=O)n1-c1cccc(C)c1C. The van der Waals surface area contributed by atoms with Crippen LogP contribution in [0, 0.1) is 13.8 Å². The standard InChI is InChI=1S/C20H23N3O2S2/c1-5-13(3)21-17(24)11-27-20-22-15-9-10-26-18(15)19(25)23(20)16-8-6-7-12(2)14(16)4/h6-10,13H,5,11H2,1-4H3,(H,21,24)/t13-/m1/s1. The van der Waals surface area contributed by atoms with E-state index in [1.807, 2.05) is 57.3 Å². The van der Waals surface area contributed by atoms with E-state index in [0.29, 0.717) is 15.4 Å². The van der Waals surface area contributed by atoms with Crippen molar-refractivity contribution >= 4 is 39.2 Å². The van der Waals surface area contributed by atoms with Crippen LogP contribution in [0.2, 0.25) is 0 Å². The molecular formula is C20H23N3O2S2. The fraction of sp³-hybridized carbons (Fsp3) is 0.350. The zero-order valence-corrected chi connectivity index (χ0v) is 17.5. The van der Waals surface area contributed by atoms with Gasteiger partial charge in [-0.25, -0.2) is 4.98 Å². The molecule has 3 aromatic rings. The van der Waals surface area contributed by atoms with Crippen molar-refractivity contribution in [2.75, 3.05) is 5.75 Å². The Morgan fingerprint density at radius 2 is 2.11 bits per heavy atom. The van der Waals surface area contributed by atoms with Crippen LogP contribution < -0.4 is 10.9 Å². The molecule has 0 saturated heterocycles. The van der Waals surface area contributed by atoms with Crippen LogP contribution in [0.15, 0.2) is 39.6 Å². The first-order valence-corrected chi connectivity index (χ1v) is 10.8. The third-order valence-electron chi connectivity index (χ3n) is 4.62. The van der Waals surface area contributed by atoms with Crippen LogP contribution in [-0.2, 0) is 4.79 Å². The zero-order chi connectivity index (χ0) is 19.6. The summed E-state index contributed by atoms with van der Waals surface area (Å²) in [6, 6.07) is 7.86. The first kappa shape index (κ1) is 19.6. The second-order valence-electron chi connectivity index (χ2n) is 6.55. The number of carbonyl (C=O) groups is 1. The van der Waals surface area contributed by atoms with Gasteiger partial charge in [0, 0.05) is 6.04 Å². The Morgan fingerprint density at radius 1 is 1.33 bits per heavy atom. The van der Waals surface area contributed by atoms with Gasteiger partial charge in [-0.2, -0.15) is 0 Å². The van der Waals surface area contributed by atoms with Crippen molar-refractivity contribution in [3.8, 4) is 5.69 Å². The van der Waals surface area contributed by atoms with E-state index >= 15 is 0 Å². The number of amides is 1. The van der Waals surface area contributed by atoms with Gasteiger partial charge < -0.3 is 5.32 Å². The Morgan fingerprint density at radius 3 is 2.85 bits per heavy atom. The van der Waals surface area contributed by atoms with Gasteiger partial charge in [0.1, 0.15) is 4.70 Å². The molecule has 0 aliphatic rings. The molecule has 0 radical (unpaired) electrons. The summed E-state index contributed by atoms with van der Waals surface area (Å²) in [4.78, 5) is 30.0. The molecule has 0 unspecified atom stereocenters. The maximum atomic E-state index is 13.2. The number of thiophene rings is 1. The highest BCUT2D eigenvalue weighted by Crippen LogP contribution is 2.26. The lowest BCUT2D eigenvalue weighted by Crippen LogP contribution is -2.33. The summed E-state index contributed by atoms with van der Waals surface area (Å²) in [7, 11) is 0. The fourth-order valence-corrected chi connectivity index (χ4v) is 4.30. The van der Waals surface area contributed by atoms with Gasteiger partial charge in [0.15, 0.2) is 5.16 Å². The third-order valence-corrected chi connectivity index (χ3v) is 6.45. The Balaban J connectivity index is 2.05. The average Bonchev–Trinajstić information content (AvgIpc) is 3.12. The largest absolute Gasteiger partial charge is 0.353 e. The molecule has 0 aliphatic heterocycles. The minimum absolute atomic E-state index is 0.0541. The number of fused-ring (bicyclic) bond motifs is 1. The maximum Gasteiger partial charge on any atom is 0.276 e. The van der Waals surface area contributed by atoms with Crippen molar-refractivity contribution in [1.82, 2.24) is 14.9 Å². The number of thioether (sulfide) groups is 1. The molecule has 5 nitrogen and oxygen atoms in total. The van der Waals surface area contributed by atoms with Crippen molar-refractivity contribution in [2.45, 2.75) is 45.3 Å². The van der Waals surface area contributed by atoms with E-state index in [-0.39, 0.29) is 23.3 Å². The number of aryl methyl sites for hydroxylation is 1. The van der Waals surface area contributed by atoms with E-state index in [1.165, 1.54) is 23.1 Å². The Bertz CT molecular complexity index is 1040. The molecule has 0 aliphatic carbocycles. The molecule has 2 aromatic heterocycles. The number of rotatable bonds is 6. The van der Waals surface area contributed by atoms with Crippen LogP contribution in [0.3, 0.4) is 0 Å². The maximum absolute atomic E-state index is 13.2. The van der Waals surface area contributed by atoms with Gasteiger partial charge in [-0.15, -0.1) is 11.3 Å². The first-order valence-electron chi connectivity index (χ1n) is 8.91. The van der Waals surface area contributed by atoms with Gasteiger partial charge in [0.05, 0.1) is 17.0 Å². The normalized spacial score (nSPS) is 12.3. The van der Waals surface area contributed by atoms with Crippen molar-refractivity contribution in [1.29, 1.82) is 0 Å². The van der Waals surface area contributed by atoms with E-state index in [2.05, 4.69) is 10.3 Å². The molecular weight excluding hydrogens is 378 g/mol. The Kier molecular flexibility index (Phi) is 6.01. The summed E-state index contributed by atoms with van der Waals surface area (Å²) in [5, 5.41) is 5.37. The first-order chi connectivity index (χ1) is 12.9. The van der Waals surface area contributed by atoms with Gasteiger partial charge in [-0.05, 0) is 55.8 Å². The minimum Gasteiger partial charge on any atom is -0.353 e. The van der Waals surface area contributed by atoms with Crippen LogP contribution >= 0.6 is 23.1 Å². The smallest absolute Gasteiger partial charge is 0.276 e. The zero-order valence-electron chi connectivity index (χ0n) is 15.9. The van der Waals surface area contributed by atoms with E-state index in [9.17, 15) is 9.59 Å². The summed E-state index contributed by atoms with van der Waals surface area (Å²) in [6.07, 6.45) is 0.878. The van der Waals surface area contributed by atoms with Crippen molar-refractivity contribution in [2.24, 2.45) is 0 Å². The summed E-state index contributed by atoms with van der Waals surface area (Å²) in [5.41, 5.74) is 3.54. The molecule has 3 rings (SSSR count). The predicted octanol–water partition coefficient (Wildman–Crippen LogP) is 4.07. The fourth-order valence-electron chi connectivity index (χ4n) is 2.73. The molecule has 0 saturated carbocycles. The minimum atomic E-state index is -0.0893. The van der Waals surface area contributed by atoms with Crippen molar-refractivity contribution in [3.63, 3.8) is 0 Å². The van der Waals surface area contributed by atoms with Gasteiger partial charge >= 0.3 is 0 Å². The van der Waals surface area contributed by atoms with Gasteiger partial charge in [0.25, 0.3) is 5.56 Å². The molecule has 1 aromatic carbocycles. The number of carbonyl (C=O) groups excluding carboxylic acids is 1. The number of hydrogen-bond acceptors (Lipinski definition) is 5. The lowest BCUT2D eigenvalue weighted by molar-refractivity contribution is -0.119. The molecule has 1 amide bonds. The highest BCUT2D eigenvalue weighted by molar-refractivity contribution is 7.99. The molecule has 0 spiro atoms. The molecule has 27 heavy (non-hydrogen) atoms. The van der Waals surface area contributed by atoms with Crippen LogP contribution in [-0.4, -0.2) is 27.3 Å². The summed E-state index contributed by atoms with van der Waals surface area (Å²) in [6.45, 7) is 8.03. The van der Waals surface area contributed by atoms with E-state index in [4.69, 9.17) is 0 Å². The van der Waals surface area contributed by atoms with Crippen molar-refractivity contribution < 1.29 is 4.79 Å². The highest BCUT2D eigenvalue weighted by atomic mass is 32.2. The second-order valence-corrected chi connectivity index (χ2v) is 8.41. The molecule has 0 bridgehead atoms. The van der Waals surface area contributed by atoms with Gasteiger partial charge in [-0.1, -0.05) is 30.8 Å². The summed E-state index contributed by atoms with van der Waals surface area (Å²) in [5.74, 6) is 0.165. The Labute approximate surface area is 166 Å². The number of aromatic nitrogens is 2. The van der Waals surface area contributed by atoms with Crippen molar-refractivity contribution in [3.05, 3.63) is 51.1 Å². The second kappa shape index (κ2) is 8.27. The number of hydrogen-bond donors (Lipinski definition) is 1. The average molecular weight is 402 g/mol. The quantitative estimate of drug-likeness (QED) is 0.499. The summed E-state index contributed by atoms with van der Waals surface area (Å²) >= 11 is 2.69. The van der Waals surface area contributed by atoms with E-state index < -0.39 is 0 Å². The number of benzene rings is 1. The van der Waals surface area contributed by atoms with E-state index in [0.717, 1.165) is 23.2 Å². The summed E-state index contributed by atoms with van der Waals surface area (Å²) < 4.78 is 2.27. The molecule has 1 N–H and O–H groups in total. The van der Waals surface area contributed by atoms with E-state index in [1.54, 1.807) is 4.57 Å². The molecule has 142 valence electrons. The Hall–Kier alpha value is -2.12. The van der Waals surface area contributed by atoms with Gasteiger partial charge in [-0.3, -0.25) is 14.2 Å². The number of nitrogens with one attached hydrogen (secondary N) is 1. The van der Waals surface area contributed by atoms with Crippen LogP contribution in [0.4, 0.5) is 0 Å². The lowest BCUT2D eigenvalue weighted by atomic mass is 10.1. The van der Waals surface area contributed by atoms with Crippen LogP contribution in [0.1, 0.15) is 31.4 Å². The van der Waals surface area contributed by atoms with Crippen LogP contribution in [0.5, 0.6) is 0 Å². The highest BCUT2D eigenvalue weighted by Gasteiger charge is 2.17. The molecule has 0 fully saturated rings. The van der Waals surface area contributed by atoms with Gasteiger partial charge in [0.2, 0.25) is 5.91 Å². The lowest BCUT2D eigenvalue weighted by Gasteiger charge is -2.16. The number of nitrogens with zero attached hydrogens (tertiary/aromatic N) is 2. The monoisotopic (exact) mass is 401 g/mol. The molecule has 1 atom stereocenters. The topological polar surface area (TPSA) is 64.0 Å². The molecule has 7 heteroatoms. The van der Waals surface area contributed by atoms with Crippen LogP contribution in [0.25, 0.3) is 15.9 Å². The molecule has 2 heterocycles.